The zero-order valence-electron chi connectivity index (χ0n) is 31.9. The molecule has 1 fully saturated rings. The van der Waals surface area contributed by atoms with Crippen molar-refractivity contribution in [2.75, 3.05) is 13.2 Å². The third-order valence-electron chi connectivity index (χ3n) is 9.33. The van der Waals surface area contributed by atoms with Gasteiger partial charge in [-0.05, 0) is 45.4 Å². The lowest BCUT2D eigenvalue weighted by molar-refractivity contribution is -0.302. The van der Waals surface area contributed by atoms with E-state index in [1.807, 2.05) is 6.08 Å². The van der Waals surface area contributed by atoms with E-state index in [9.17, 15) is 35.4 Å². The minimum absolute atomic E-state index is 0.350. The number of hydrogen-bond donors (Lipinski definition) is 7. The van der Waals surface area contributed by atoms with E-state index in [1.54, 1.807) is 12.2 Å². The van der Waals surface area contributed by atoms with Crippen molar-refractivity contribution in [3.05, 3.63) is 48.1 Å². The summed E-state index contributed by atoms with van der Waals surface area (Å²) in [6.07, 6.45) is 24.8. The van der Waals surface area contributed by atoms with Gasteiger partial charge in [-0.3, -0.25) is 4.79 Å². The predicted octanol–water partition coefficient (Wildman–Crippen LogP) is 6.08. The fraction of sp³-hybridized carbons (Fsp3) is 0.780. The molecule has 0 radical (unpaired) electrons. The summed E-state index contributed by atoms with van der Waals surface area (Å²) in [5.74, 6) is -0.722. The average molecular weight is 724 g/mol. The van der Waals surface area contributed by atoms with Gasteiger partial charge in [0.1, 0.15) is 24.4 Å². The van der Waals surface area contributed by atoms with Gasteiger partial charge in [0.2, 0.25) is 0 Å². The fourth-order valence-electron chi connectivity index (χ4n) is 5.94. The van der Waals surface area contributed by atoms with Crippen LogP contribution in [-0.4, -0.2) is 98.7 Å². The van der Waals surface area contributed by atoms with Crippen molar-refractivity contribution >= 4 is 5.91 Å². The Kier molecular flexibility index (Phi) is 28.2. The highest BCUT2D eigenvalue weighted by molar-refractivity contribution is 5.82. The van der Waals surface area contributed by atoms with Gasteiger partial charge in [0.25, 0.3) is 5.91 Å². The molecule has 7 N–H and O–H groups in total. The van der Waals surface area contributed by atoms with Crippen molar-refractivity contribution in [3.8, 4) is 0 Å². The van der Waals surface area contributed by atoms with Gasteiger partial charge in [0.15, 0.2) is 12.4 Å². The zero-order valence-corrected chi connectivity index (χ0v) is 31.9. The largest absolute Gasteiger partial charge is 0.394 e. The van der Waals surface area contributed by atoms with Gasteiger partial charge in [-0.1, -0.05) is 145 Å². The Bertz CT molecular complexity index is 982. The zero-order chi connectivity index (χ0) is 37.7. The van der Waals surface area contributed by atoms with E-state index < -0.39 is 61.5 Å². The first-order valence-corrected chi connectivity index (χ1v) is 19.9. The van der Waals surface area contributed by atoms with Gasteiger partial charge >= 0.3 is 0 Å². The Morgan fingerprint density at radius 3 is 1.86 bits per heavy atom. The third-order valence-corrected chi connectivity index (χ3v) is 9.33. The number of rotatable bonds is 30. The lowest BCUT2D eigenvalue weighted by atomic mass is 9.99. The van der Waals surface area contributed by atoms with Crippen LogP contribution in [0.25, 0.3) is 0 Å². The highest BCUT2D eigenvalue weighted by atomic mass is 16.7. The van der Waals surface area contributed by atoms with Gasteiger partial charge < -0.3 is 45.4 Å². The molecule has 10 heteroatoms. The number of allylic oxidation sites excluding steroid dienone is 6. The summed E-state index contributed by atoms with van der Waals surface area (Å²) < 4.78 is 11.1. The van der Waals surface area contributed by atoms with Gasteiger partial charge in [-0.15, -0.1) is 0 Å². The molecule has 1 amide bonds. The lowest BCUT2D eigenvalue weighted by Crippen LogP contribution is -2.60. The third kappa shape index (κ3) is 22.0. The summed E-state index contributed by atoms with van der Waals surface area (Å²) in [7, 11) is 0. The molecule has 0 aromatic carbocycles. The molecule has 0 aromatic heterocycles. The van der Waals surface area contributed by atoms with Crippen LogP contribution in [-0.2, 0) is 14.3 Å². The molecule has 1 aliphatic heterocycles. The highest BCUT2D eigenvalue weighted by Gasteiger charge is 2.44. The number of aliphatic hydroxyl groups excluding tert-OH is 6. The second-order valence-electron chi connectivity index (χ2n) is 14.0. The topological polar surface area (TPSA) is 169 Å². The molecule has 1 rings (SSSR count). The molecule has 1 heterocycles. The van der Waals surface area contributed by atoms with Crippen LogP contribution in [0.15, 0.2) is 48.1 Å². The van der Waals surface area contributed by atoms with Crippen molar-refractivity contribution in [2.24, 2.45) is 0 Å². The maximum absolute atomic E-state index is 12.9. The molecular weight excluding hydrogens is 650 g/mol. The Balaban J connectivity index is 2.66. The first-order chi connectivity index (χ1) is 24.7. The number of carbonyl (C=O) groups excluding carboxylic acids is 1. The normalized spacial score (nSPS) is 23.4. The fourth-order valence-corrected chi connectivity index (χ4v) is 5.94. The molecule has 0 spiro atoms. The minimum atomic E-state index is -1.63. The molecule has 0 aliphatic carbocycles. The monoisotopic (exact) mass is 724 g/mol. The summed E-state index contributed by atoms with van der Waals surface area (Å²) in [6, 6.07) is -1.04. The summed E-state index contributed by atoms with van der Waals surface area (Å²) in [5.41, 5.74) is 1.17. The smallest absolute Gasteiger partial charge is 0.253 e. The highest BCUT2D eigenvalue weighted by Crippen LogP contribution is 2.22. The van der Waals surface area contributed by atoms with E-state index in [1.165, 1.54) is 95.1 Å². The van der Waals surface area contributed by atoms with Crippen LogP contribution in [0.3, 0.4) is 0 Å². The Morgan fingerprint density at radius 1 is 0.725 bits per heavy atom. The second kappa shape index (κ2) is 30.6. The minimum Gasteiger partial charge on any atom is -0.394 e. The molecule has 1 aliphatic rings. The standard InChI is InChI=1S/C41H73NO9/c1-4-6-8-10-12-13-14-15-16-18-20-24-29-35(45)40(49)42-33(31-50-41-39(48)38(47)37(46)36(30-43)51-41)34(44)28-25-21-23-27-32(3)26-22-19-17-11-9-7-5-2/h22,24-29,33-39,41,43-48H,4-21,23,30-31H2,1-3H3,(H,42,49)/b26-22+,28-25+,29-24+,32-27+/t33-,34+,35+,36+,37+,38-,39+,41+/m0/s1. The van der Waals surface area contributed by atoms with Crippen LogP contribution in [0.5, 0.6) is 0 Å². The number of aliphatic hydroxyl groups is 6. The van der Waals surface area contributed by atoms with Crippen LogP contribution >= 0.6 is 0 Å². The van der Waals surface area contributed by atoms with Crippen LogP contribution in [0.2, 0.25) is 0 Å². The van der Waals surface area contributed by atoms with Crippen LogP contribution in [0, 0.1) is 0 Å². The first-order valence-electron chi connectivity index (χ1n) is 19.9. The average Bonchev–Trinajstić information content (AvgIpc) is 3.12. The molecule has 0 aromatic rings. The van der Waals surface area contributed by atoms with E-state index in [2.05, 4.69) is 44.3 Å². The Morgan fingerprint density at radius 2 is 1.27 bits per heavy atom. The SMILES string of the molecule is CCCCCCC/C=C/C(C)=C/CC/C=C/[C@@H](O)[C@H](CO[C@@H]1O[C@H](CO)[C@@H](O)[C@H](O)[C@H]1O)NC(=O)[C@H](O)/C=C/CCCCCCCCCCCC. The van der Waals surface area contributed by atoms with Crippen molar-refractivity contribution in [1.82, 2.24) is 5.32 Å². The van der Waals surface area contributed by atoms with Crippen molar-refractivity contribution < 1.29 is 44.9 Å². The number of ether oxygens (including phenoxy) is 2. The van der Waals surface area contributed by atoms with E-state index in [4.69, 9.17) is 9.47 Å². The van der Waals surface area contributed by atoms with Crippen molar-refractivity contribution in [1.29, 1.82) is 0 Å². The van der Waals surface area contributed by atoms with Gasteiger partial charge in [-0.25, -0.2) is 0 Å². The number of hydrogen-bond acceptors (Lipinski definition) is 9. The molecule has 8 atom stereocenters. The molecule has 0 saturated carbocycles. The molecular formula is C41H73NO9. The summed E-state index contributed by atoms with van der Waals surface area (Å²) >= 11 is 0. The molecule has 0 unspecified atom stereocenters. The first kappa shape index (κ1) is 47.1. The van der Waals surface area contributed by atoms with E-state index in [0.29, 0.717) is 6.42 Å². The Hall–Kier alpha value is -1.89. The quantitative estimate of drug-likeness (QED) is 0.0264. The molecule has 1 saturated heterocycles. The number of carbonyl (C=O) groups is 1. The summed E-state index contributed by atoms with van der Waals surface area (Å²) in [4.78, 5) is 12.9. The molecule has 10 nitrogen and oxygen atoms in total. The van der Waals surface area contributed by atoms with Crippen molar-refractivity contribution in [2.45, 2.75) is 192 Å². The van der Waals surface area contributed by atoms with Gasteiger partial charge in [0, 0.05) is 0 Å². The van der Waals surface area contributed by atoms with Gasteiger partial charge in [0.05, 0.1) is 25.4 Å². The molecule has 296 valence electrons. The lowest BCUT2D eigenvalue weighted by Gasteiger charge is -2.40. The van der Waals surface area contributed by atoms with E-state index in [-0.39, 0.29) is 6.61 Å². The maximum Gasteiger partial charge on any atom is 0.253 e. The van der Waals surface area contributed by atoms with Crippen LogP contribution in [0.4, 0.5) is 0 Å². The van der Waals surface area contributed by atoms with Gasteiger partial charge in [-0.2, -0.15) is 0 Å². The predicted molar refractivity (Wildman–Crippen MR) is 204 cm³/mol. The Labute approximate surface area is 308 Å². The number of unbranched alkanes of at least 4 members (excludes halogenated alkanes) is 16. The molecule has 51 heavy (non-hydrogen) atoms. The van der Waals surface area contributed by atoms with E-state index in [0.717, 1.165) is 32.1 Å². The molecule has 0 bridgehead atoms. The number of amides is 1. The van der Waals surface area contributed by atoms with Crippen LogP contribution in [0.1, 0.15) is 143 Å². The van der Waals surface area contributed by atoms with E-state index >= 15 is 0 Å². The summed E-state index contributed by atoms with van der Waals surface area (Å²) in [5, 5.41) is 64.2. The maximum atomic E-state index is 12.9. The van der Waals surface area contributed by atoms with Crippen molar-refractivity contribution in [3.63, 3.8) is 0 Å². The number of nitrogens with one attached hydrogen (secondary N) is 1. The second-order valence-corrected chi connectivity index (χ2v) is 14.0. The van der Waals surface area contributed by atoms with Crippen LogP contribution < -0.4 is 5.32 Å². The summed E-state index contributed by atoms with van der Waals surface area (Å²) in [6.45, 7) is 5.54.